The Morgan fingerprint density at radius 2 is 1.96 bits per heavy atom. The topological polar surface area (TPSA) is 19.0 Å². The molecule has 2 nitrogen and oxygen atoms in total. The highest BCUT2D eigenvalue weighted by Crippen LogP contribution is 2.18. The molecule has 0 amide bonds. The first kappa shape index (κ1) is 19.3. The van der Waals surface area contributed by atoms with Crippen LogP contribution in [-0.4, -0.2) is 29.5 Å². The van der Waals surface area contributed by atoms with Crippen LogP contribution >= 0.6 is 0 Å². The minimum atomic E-state index is 1.05. The second-order valence-electron chi connectivity index (χ2n) is 6.68. The molecule has 0 unspecified atom stereocenters. The molecule has 0 atom stereocenters. The van der Waals surface area contributed by atoms with Gasteiger partial charge in [-0.15, -0.1) is 0 Å². The van der Waals surface area contributed by atoms with Crippen LogP contribution in [0.4, 0.5) is 0 Å². The molecule has 134 valence electrons. The number of benzene rings is 1. The normalized spacial score (nSPS) is 13.0. The Hall–Kier alpha value is -2.06. The zero-order chi connectivity index (χ0) is 18.1. The van der Waals surface area contributed by atoms with E-state index in [4.69, 9.17) is 0 Å². The summed E-state index contributed by atoms with van der Waals surface area (Å²) in [6, 6.07) is 8.57. The van der Waals surface area contributed by atoms with Crippen LogP contribution < -0.4 is 0 Å². The fourth-order valence-corrected chi connectivity index (χ4v) is 3.09. The van der Waals surface area contributed by atoms with Crippen LogP contribution in [0.1, 0.15) is 39.2 Å². The van der Waals surface area contributed by atoms with E-state index in [0.717, 1.165) is 32.5 Å². The highest BCUT2D eigenvalue weighted by molar-refractivity contribution is 5.83. The van der Waals surface area contributed by atoms with Crippen molar-refractivity contribution in [1.29, 1.82) is 0 Å². The molecule has 0 saturated heterocycles. The molecule has 1 heterocycles. The summed E-state index contributed by atoms with van der Waals surface area (Å²) in [7, 11) is 0. The number of aromatic nitrogens is 1. The SMILES string of the molecule is C=C/C(C)=C/C=C(\CC)CN(CCC)CCc1c[nH]c2ccccc12. The fraction of sp³-hybridized carbons (Fsp3) is 0.391. The van der Waals surface area contributed by atoms with Gasteiger partial charge in [-0.2, -0.15) is 0 Å². The van der Waals surface area contributed by atoms with E-state index in [1.807, 2.05) is 6.08 Å². The molecule has 0 aliphatic carbocycles. The Morgan fingerprint density at radius 1 is 1.16 bits per heavy atom. The van der Waals surface area contributed by atoms with Crippen molar-refractivity contribution >= 4 is 10.9 Å². The molecular formula is C23H32N2. The van der Waals surface area contributed by atoms with Crippen molar-refractivity contribution in [2.45, 2.75) is 40.0 Å². The number of nitrogens with one attached hydrogen (secondary N) is 1. The molecular weight excluding hydrogens is 304 g/mol. The lowest BCUT2D eigenvalue weighted by molar-refractivity contribution is 0.298. The predicted octanol–water partition coefficient (Wildman–Crippen LogP) is 5.89. The molecule has 2 aromatic rings. The van der Waals surface area contributed by atoms with Crippen LogP contribution in [0.25, 0.3) is 10.9 Å². The zero-order valence-corrected chi connectivity index (χ0v) is 16.0. The van der Waals surface area contributed by atoms with Gasteiger partial charge in [-0.25, -0.2) is 0 Å². The monoisotopic (exact) mass is 336 g/mol. The molecule has 25 heavy (non-hydrogen) atoms. The summed E-state index contributed by atoms with van der Waals surface area (Å²) in [5.74, 6) is 0. The lowest BCUT2D eigenvalue weighted by Crippen LogP contribution is -2.29. The van der Waals surface area contributed by atoms with Gasteiger partial charge in [-0.1, -0.05) is 68.0 Å². The summed E-state index contributed by atoms with van der Waals surface area (Å²) in [6.45, 7) is 13.7. The van der Waals surface area contributed by atoms with Gasteiger partial charge in [0.15, 0.2) is 0 Å². The lowest BCUT2D eigenvalue weighted by Gasteiger charge is -2.23. The average Bonchev–Trinajstić information content (AvgIpc) is 3.05. The minimum Gasteiger partial charge on any atom is -0.361 e. The predicted molar refractivity (Wildman–Crippen MR) is 111 cm³/mol. The largest absolute Gasteiger partial charge is 0.361 e. The second-order valence-corrected chi connectivity index (χ2v) is 6.68. The molecule has 0 aliphatic rings. The van der Waals surface area contributed by atoms with E-state index in [1.165, 1.54) is 34.0 Å². The number of nitrogens with zero attached hydrogens (tertiary/aromatic N) is 1. The molecule has 1 aromatic carbocycles. The van der Waals surface area contributed by atoms with Crippen LogP contribution in [-0.2, 0) is 6.42 Å². The first-order valence-corrected chi connectivity index (χ1v) is 9.44. The summed E-state index contributed by atoms with van der Waals surface area (Å²) < 4.78 is 0. The number of allylic oxidation sites excluding steroid dienone is 4. The Bertz CT molecular complexity index is 733. The highest BCUT2D eigenvalue weighted by Gasteiger charge is 2.09. The van der Waals surface area contributed by atoms with Gasteiger partial charge in [-0.05, 0) is 44.4 Å². The van der Waals surface area contributed by atoms with Crippen LogP contribution in [0.15, 0.2) is 66.4 Å². The molecule has 1 N–H and O–H groups in total. The van der Waals surface area contributed by atoms with Gasteiger partial charge in [0.05, 0.1) is 0 Å². The number of hydrogen-bond acceptors (Lipinski definition) is 1. The van der Waals surface area contributed by atoms with E-state index in [9.17, 15) is 0 Å². The Balaban J connectivity index is 2.03. The number of hydrogen-bond donors (Lipinski definition) is 1. The smallest absolute Gasteiger partial charge is 0.0456 e. The molecule has 0 spiro atoms. The second kappa shape index (κ2) is 10.0. The van der Waals surface area contributed by atoms with Gasteiger partial charge < -0.3 is 4.98 Å². The Kier molecular flexibility index (Phi) is 7.75. The summed E-state index contributed by atoms with van der Waals surface area (Å²) in [5, 5.41) is 1.36. The molecule has 0 radical (unpaired) electrons. The quantitative estimate of drug-likeness (QED) is 0.536. The van der Waals surface area contributed by atoms with E-state index in [-0.39, 0.29) is 0 Å². The average molecular weight is 337 g/mol. The minimum absolute atomic E-state index is 1.05. The molecule has 0 fully saturated rings. The van der Waals surface area contributed by atoms with Crippen molar-refractivity contribution in [1.82, 2.24) is 9.88 Å². The first-order chi connectivity index (χ1) is 12.2. The third-order valence-electron chi connectivity index (χ3n) is 4.70. The molecule has 0 saturated carbocycles. The summed E-state index contributed by atoms with van der Waals surface area (Å²) in [6.07, 6.45) is 11.9. The summed E-state index contributed by atoms with van der Waals surface area (Å²) in [4.78, 5) is 5.97. The summed E-state index contributed by atoms with van der Waals surface area (Å²) in [5.41, 5.74) is 5.35. The number of rotatable bonds is 10. The lowest BCUT2D eigenvalue weighted by atomic mass is 10.1. The van der Waals surface area contributed by atoms with Crippen molar-refractivity contribution < 1.29 is 0 Å². The summed E-state index contributed by atoms with van der Waals surface area (Å²) >= 11 is 0. The molecule has 0 bridgehead atoms. The van der Waals surface area contributed by atoms with E-state index in [1.54, 1.807) is 0 Å². The third kappa shape index (κ3) is 5.75. The van der Waals surface area contributed by atoms with E-state index < -0.39 is 0 Å². The van der Waals surface area contributed by atoms with Gasteiger partial charge in [0.25, 0.3) is 0 Å². The van der Waals surface area contributed by atoms with Crippen LogP contribution in [0.5, 0.6) is 0 Å². The fourth-order valence-electron chi connectivity index (χ4n) is 3.09. The van der Waals surface area contributed by atoms with Gasteiger partial charge in [-0.3, -0.25) is 4.90 Å². The van der Waals surface area contributed by atoms with E-state index in [0.29, 0.717) is 0 Å². The van der Waals surface area contributed by atoms with Gasteiger partial charge in [0.1, 0.15) is 0 Å². The third-order valence-corrected chi connectivity index (χ3v) is 4.70. The maximum atomic E-state index is 3.83. The molecule has 2 rings (SSSR count). The van der Waals surface area contributed by atoms with E-state index >= 15 is 0 Å². The van der Waals surface area contributed by atoms with E-state index in [2.05, 4.69) is 79.8 Å². The van der Waals surface area contributed by atoms with Crippen LogP contribution in [0.3, 0.4) is 0 Å². The standard InChI is InChI=1S/C23H32N2/c1-5-15-25(18-20(7-3)13-12-19(4)6-2)16-14-21-17-24-23-11-9-8-10-22(21)23/h6,8-13,17,24H,2,5,7,14-16,18H2,1,3-4H3/b19-12+,20-13+. The first-order valence-electron chi connectivity index (χ1n) is 9.44. The van der Waals surface area contributed by atoms with Gasteiger partial charge in [0.2, 0.25) is 0 Å². The molecule has 1 aromatic heterocycles. The number of H-pyrrole nitrogens is 1. The molecule has 2 heteroatoms. The molecule has 0 aliphatic heterocycles. The Morgan fingerprint density at radius 3 is 2.68 bits per heavy atom. The maximum Gasteiger partial charge on any atom is 0.0456 e. The van der Waals surface area contributed by atoms with Gasteiger partial charge >= 0.3 is 0 Å². The van der Waals surface area contributed by atoms with Crippen LogP contribution in [0, 0.1) is 0 Å². The Labute approximate surface area is 152 Å². The van der Waals surface area contributed by atoms with Crippen molar-refractivity contribution in [3.05, 3.63) is 72.0 Å². The maximum absolute atomic E-state index is 3.83. The highest BCUT2D eigenvalue weighted by atomic mass is 15.1. The van der Waals surface area contributed by atoms with Crippen LogP contribution in [0.2, 0.25) is 0 Å². The number of fused-ring (bicyclic) bond motifs is 1. The van der Waals surface area contributed by atoms with Crippen molar-refractivity contribution in [2.24, 2.45) is 0 Å². The zero-order valence-electron chi connectivity index (χ0n) is 16.0. The number of para-hydroxylation sites is 1. The van der Waals surface area contributed by atoms with Crippen molar-refractivity contribution in [3.63, 3.8) is 0 Å². The number of aromatic amines is 1. The van der Waals surface area contributed by atoms with Crippen molar-refractivity contribution in [2.75, 3.05) is 19.6 Å². The van der Waals surface area contributed by atoms with Crippen molar-refractivity contribution in [3.8, 4) is 0 Å². The van der Waals surface area contributed by atoms with Gasteiger partial charge in [0, 0.05) is 30.2 Å².